The number of nitrogens with zero attached hydrogens (tertiary/aromatic N) is 1. The molecule has 1 aromatic heterocycles. The lowest BCUT2D eigenvalue weighted by molar-refractivity contribution is -0.131. The Hall–Kier alpha value is -1.68. The van der Waals surface area contributed by atoms with Crippen molar-refractivity contribution in [1.82, 2.24) is 4.98 Å². The quantitative estimate of drug-likeness (QED) is 0.777. The van der Waals surface area contributed by atoms with E-state index in [0.717, 1.165) is 23.2 Å². The van der Waals surface area contributed by atoms with Crippen LogP contribution in [0.5, 0.6) is 0 Å². The molecule has 0 saturated heterocycles. The van der Waals surface area contributed by atoms with Gasteiger partial charge in [0.05, 0.1) is 5.69 Å². The fourth-order valence-corrected chi connectivity index (χ4v) is 2.20. The van der Waals surface area contributed by atoms with Crippen molar-refractivity contribution in [2.24, 2.45) is 0 Å². The van der Waals surface area contributed by atoms with Gasteiger partial charge in [0, 0.05) is 17.4 Å². The molecule has 0 fully saturated rings. The molecule has 1 aliphatic rings. The van der Waals surface area contributed by atoms with Crippen LogP contribution in [0.25, 0.3) is 12.2 Å². The fourth-order valence-electron chi connectivity index (χ4n) is 1.27. The van der Waals surface area contributed by atoms with Gasteiger partial charge in [0.15, 0.2) is 0 Å². The molecule has 1 heterocycles. The Labute approximate surface area is 91.1 Å². The third-order valence-corrected chi connectivity index (χ3v) is 2.98. The molecule has 3 nitrogen and oxygen atoms in total. The Morgan fingerprint density at radius 1 is 1.53 bits per heavy atom. The van der Waals surface area contributed by atoms with Crippen LogP contribution in [-0.2, 0) is 11.2 Å². The standard InChI is InChI=1S/C11H9NO2S/c13-11(14)7-6-10-12-8-4-2-1-3-5-9(8)15-10/h1-4,6-7H,5H2,(H,13,14)/b7-6+. The summed E-state index contributed by atoms with van der Waals surface area (Å²) in [5.74, 6) is -0.948. The van der Waals surface area contributed by atoms with E-state index in [4.69, 9.17) is 5.11 Å². The van der Waals surface area contributed by atoms with Crippen LogP contribution in [0.2, 0.25) is 0 Å². The lowest BCUT2D eigenvalue weighted by Crippen LogP contribution is -1.85. The van der Waals surface area contributed by atoms with Crippen LogP contribution in [0.1, 0.15) is 15.6 Å². The van der Waals surface area contributed by atoms with E-state index < -0.39 is 5.97 Å². The van der Waals surface area contributed by atoms with Gasteiger partial charge in [0.25, 0.3) is 0 Å². The number of carboxylic acid groups (broad SMARTS) is 1. The number of hydrogen-bond donors (Lipinski definition) is 1. The highest BCUT2D eigenvalue weighted by molar-refractivity contribution is 7.12. The summed E-state index contributed by atoms with van der Waals surface area (Å²) in [5, 5.41) is 9.23. The molecular formula is C11H9NO2S. The highest BCUT2D eigenvalue weighted by atomic mass is 32.1. The van der Waals surface area contributed by atoms with E-state index >= 15 is 0 Å². The van der Waals surface area contributed by atoms with E-state index in [1.807, 2.05) is 18.2 Å². The summed E-state index contributed by atoms with van der Waals surface area (Å²) in [6, 6.07) is 0. The number of hydrogen-bond acceptors (Lipinski definition) is 3. The van der Waals surface area contributed by atoms with Gasteiger partial charge in [-0.15, -0.1) is 11.3 Å². The summed E-state index contributed by atoms with van der Waals surface area (Å²) in [5.41, 5.74) is 0.940. The molecule has 1 aromatic rings. The van der Waals surface area contributed by atoms with E-state index in [2.05, 4.69) is 11.1 Å². The third kappa shape index (κ3) is 2.41. The summed E-state index contributed by atoms with van der Waals surface area (Å²) < 4.78 is 0. The number of carboxylic acids is 1. The van der Waals surface area contributed by atoms with Gasteiger partial charge in [-0.3, -0.25) is 0 Å². The minimum atomic E-state index is -0.948. The molecule has 0 bridgehead atoms. The predicted octanol–water partition coefficient (Wildman–Crippen LogP) is 2.37. The van der Waals surface area contributed by atoms with Crippen molar-refractivity contribution in [1.29, 1.82) is 0 Å². The predicted molar refractivity (Wildman–Crippen MR) is 60.7 cm³/mol. The molecule has 0 aromatic carbocycles. The van der Waals surface area contributed by atoms with Crippen LogP contribution in [0.3, 0.4) is 0 Å². The Bertz CT molecular complexity index is 469. The second-order valence-corrected chi connectivity index (χ2v) is 4.14. The summed E-state index contributed by atoms with van der Waals surface area (Å²) in [4.78, 5) is 15.8. The van der Waals surface area contributed by atoms with Crippen LogP contribution < -0.4 is 0 Å². The molecule has 0 spiro atoms. The fraction of sp³-hybridized carbons (Fsp3) is 0.0909. The van der Waals surface area contributed by atoms with Crippen LogP contribution in [0, 0.1) is 0 Å². The summed E-state index contributed by atoms with van der Waals surface area (Å²) in [7, 11) is 0. The molecule has 15 heavy (non-hydrogen) atoms. The minimum Gasteiger partial charge on any atom is -0.478 e. The molecular weight excluding hydrogens is 210 g/mol. The van der Waals surface area contributed by atoms with Gasteiger partial charge < -0.3 is 5.11 Å². The van der Waals surface area contributed by atoms with E-state index in [1.54, 1.807) is 0 Å². The second kappa shape index (κ2) is 4.23. The number of allylic oxidation sites excluding steroid dienone is 3. The van der Waals surface area contributed by atoms with Crippen LogP contribution in [0.15, 0.2) is 24.3 Å². The molecule has 4 heteroatoms. The number of aliphatic carboxylic acids is 1. The van der Waals surface area contributed by atoms with E-state index in [0.29, 0.717) is 0 Å². The SMILES string of the molecule is O=C(O)/C=C/c1nc2c(s1)CC=CC=C2. The van der Waals surface area contributed by atoms with E-state index in [9.17, 15) is 4.79 Å². The van der Waals surface area contributed by atoms with Gasteiger partial charge in [-0.05, 0) is 12.2 Å². The van der Waals surface area contributed by atoms with Gasteiger partial charge in [0.2, 0.25) is 0 Å². The molecule has 1 N–H and O–H groups in total. The first-order valence-corrected chi connectivity index (χ1v) is 5.31. The highest BCUT2D eigenvalue weighted by Gasteiger charge is 2.07. The molecule has 0 radical (unpaired) electrons. The van der Waals surface area contributed by atoms with E-state index in [1.165, 1.54) is 22.3 Å². The molecule has 76 valence electrons. The van der Waals surface area contributed by atoms with Crippen molar-refractivity contribution in [2.75, 3.05) is 0 Å². The Morgan fingerprint density at radius 3 is 3.20 bits per heavy atom. The molecule has 0 amide bonds. The maximum atomic E-state index is 10.3. The Balaban J connectivity index is 2.27. The highest BCUT2D eigenvalue weighted by Crippen LogP contribution is 2.23. The zero-order chi connectivity index (χ0) is 10.7. The van der Waals surface area contributed by atoms with Gasteiger partial charge in [-0.25, -0.2) is 9.78 Å². The van der Waals surface area contributed by atoms with Crippen LogP contribution in [0.4, 0.5) is 0 Å². The number of aromatic nitrogens is 1. The Kier molecular flexibility index (Phi) is 2.78. The number of fused-ring (bicyclic) bond motifs is 1. The average molecular weight is 219 g/mol. The normalized spacial score (nSPS) is 14.1. The second-order valence-electron chi connectivity index (χ2n) is 3.02. The lowest BCUT2D eigenvalue weighted by Gasteiger charge is -1.87. The van der Waals surface area contributed by atoms with E-state index in [-0.39, 0.29) is 0 Å². The zero-order valence-electron chi connectivity index (χ0n) is 7.88. The van der Waals surface area contributed by atoms with Gasteiger partial charge >= 0.3 is 5.97 Å². The topological polar surface area (TPSA) is 50.2 Å². The van der Waals surface area contributed by atoms with Crippen molar-refractivity contribution >= 4 is 29.5 Å². The first kappa shape index (κ1) is 9.86. The monoisotopic (exact) mass is 219 g/mol. The molecule has 2 rings (SSSR count). The first-order valence-electron chi connectivity index (χ1n) is 4.49. The molecule has 0 atom stereocenters. The third-order valence-electron chi connectivity index (χ3n) is 1.92. The van der Waals surface area contributed by atoms with Gasteiger partial charge in [-0.2, -0.15) is 0 Å². The maximum absolute atomic E-state index is 10.3. The van der Waals surface area contributed by atoms with Gasteiger partial charge in [-0.1, -0.05) is 18.2 Å². The summed E-state index contributed by atoms with van der Waals surface area (Å²) >= 11 is 1.53. The molecule has 0 unspecified atom stereocenters. The maximum Gasteiger partial charge on any atom is 0.328 e. The van der Waals surface area contributed by atoms with Gasteiger partial charge in [0.1, 0.15) is 5.01 Å². The minimum absolute atomic E-state index is 0.738. The number of carbonyl (C=O) groups is 1. The molecule has 0 saturated carbocycles. The average Bonchev–Trinajstić information content (AvgIpc) is 2.46. The Morgan fingerprint density at radius 2 is 2.40 bits per heavy atom. The largest absolute Gasteiger partial charge is 0.478 e. The van der Waals surface area contributed by atoms with Crippen molar-refractivity contribution in [2.45, 2.75) is 6.42 Å². The van der Waals surface area contributed by atoms with Crippen LogP contribution >= 0.6 is 11.3 Å². The smallest absolute Gasteiger partial charge is 0.328 e. The number of thiazole rings is 1. The summed E-state index contributed by atoms with van der Waals surface area (Å²) in [6.07, 6.45) is 11.4. The van der Waals surface area contributed by atoms with Crippen molar-refractivity contribution in [3.8, 4) is 0 Å². The summed E-state index contributed by atoms with van der Waals surface area (Å²) in [6.45, 7) is 0. The number of rotatable bonds is 2. The molecule has 0 aliphatic heterocycles. The molecule has 1 aliphatic carbocycles. The first-order chi connectivity index (χ1) is 7.25. The van der Waals surface area contributed by atoms with Crippen LogP contribution in [-0.4, -0.2) is 16.1 Å². The lowest BCUT2D eigenvalue weighted by atomic mass is 10.3. The van der Waals surface area contributed by atoms with Crippen molar-refractivity contribution < 1.29 is 9.90 Å². The van der Waals surface area contributed by atoms with Crippen molar-refractivity contribution in [3.05, 3.63) is 39.9 Å². The van der Waals surface area contributed by atoms with Crippen molar-refractivity contribution in [3.63, 3.8) is 0 Å². The zero-order valence-corrected chi connectivity index (χ0v) is 8.70.